The van der Waals surface area contributed by atoms with E-state index in [2.05, 4.69) is 104 Å². The highest BCUT2D eigenvalue weighted by Crippen LogP contribution is 2.38. The topological polar surface area (TPSA) is 34.9 Å². The number of hydrogen-bond donors (Lipinski definition) is 1. The predicted molar refractivity (Wildman–Crippen MR) is 161 cm³/mol. The van der Waals surface area contributed by atoms with Gasteiger partial charge in [0, 0.05) is 81.1 Å². The number of fused-ring (bicyclic) bond motifs is 1. The van der Waals surface area contributed by atoms with Crippen LogP contribution in [0.1, 0.15) is 49.3 Å². The maximum absolute atomic E-state index is 11.1. The molecule has 0 amide bonds. The summed E-state index contributed by atoms with van der Waals surface area (Å²) in [5.74, 6) is 0.453. The van der Waals surface area contributed by atoms with Crippen molar-refractivity contribution in [3.05, 3.63) is 96.2 Å². The Morgan fingerprint density at radius 1 is 0.744 bits per heavy atom. The molecule has 2 heterocycles. The van der Waals surface area contributed by atoms with E-state index in [9.17, 15) is 5.11 Å². The molecule has 5 heteroatoms. The fourth-order valence-electron chi connectivity index (χ4n) is 6.44. The van der Waals surface area contributed by atoms with Gasteiger partial charge >= 0.3 is 0 Å². The monoisotopic (exact) mass is 522 g/mol. The number of rotatable bonds is 9. The van der Waals surface area contributed by atoms with E-state index in [-0.39, 0.29) is 0 Å². The van der Waals surface area contributed by atoms with Gasteiger partial charge in [0.25, 0.3) is 0 Å². The zero-order valence-electron chi connectivity index (χ0n) is 23.1. The van der Waals surface area contributed by atoms with E-state index >= 15 is 0 Å². The van der Waals surface area contributed by atoms with E-state index in [0.29, 0.717) is 11.9 Å². The minimum atomic E-state index is 0.446. The summed E-state index contributed by atoms with van der Waals surface area (Å²) in [7, 11) is 0. The van der Waals surface area contributed by atoms with E-state index in [1.54, 1.807) is 0 Å². The van der Waals surface area contributed by atoms with Gasteiger partial charge in [0.2, 0.25) is 0 Å². The third-order valence-corrected chi connectivity index (χ3v) is 8.74. The second-order valence-corrected chi connectivity index (χ2v) is 11.4. The number of piperazine rings is 1. The Hall–Kier alpha value is -3.28. The maximum Gasteiger partial charge on any atom is 0.199 e. The molecule has 1 saturated carbocycles. The molecule has 0 spiro atoms. The first-order valence-electron chi connectivity index (χ1n) is 14.8. The van der Waals surface area contributed by atoms with Crippen molar-refractivity contribution >= 4 is 16.5 Å². The van der Waals surface area contributed by atoms with Crippen molar-refractivity contribution in [3.8, 4) is 5.88 Å². The SMILES string of the molecule is Oc1c2cc(N3CCN(CCN(Cc4ccccc4)Cc4ccccc4)CC3)ccc2cn1C1CCCCC1. The Morgan fingerprint density at radius 3 is 2.03 bits per heavy atom. The Morgan fingerprint density at radius 2 is 1.38 bits per heavy atom. The molecule has 2 aliphatic rings. The standard InChI is InChI=1S/C34H42N4O/c39-34-33-24-32(17-16-30(33)27-38(34)31-14-8-3-9-15-31)37-22-20-35(21-23-37)18-19-36(25-28-10-4-1-5-11-28)26-29-12-6-2-7-13-29/h1-2,4-7,10-13,16-17,24,27,31,39H,3,8-9,14-15,18-23,25-26H2. The van der Waals surface area contributed by atoms with Crippen molar-refractivity contribution in [3.63, 3.8) is 0 Å². The summed E-state index contributed by atoms with van der Waals surface area (Å²) in [6.07, 6.45) is 8.38. The lowest BCUT2D eigenvalue weighted by Gasteiger charge is -2.37. The first-order valence-corrected chi connectivity index (χ1v) is 14.8. The second kappa shape index (κ2) is 12.3. The van der Waals surface area contributed by atoms with Crippen molar-refractivity contribution in [2.24, 2.45) is 0 Å². The van der Waals surface area contributed by atoms with E-state index in [1.807, 2.05) is 0 Å². The second-order valence-electron chi connectivity index (χ2n) is 11.4. The molecule has 4 aromatic rings. The van der Waals surface area contributed by atoms with Crippen molar-refractivity contribution in [2.75, 3.05) is 44.2 Å². The lowest BCUT2D eigenvalue weighted by Crippen LogP contribution is -2.48. The number of anilines is 1. The van der Waals surface area contributed by atoms with Gasteiger partial charge in [0.15, 0.2) is 5.88 Å². The number of benzene rings is 3. The fourth-order valence-corrected chi connectivity index (χ4v) is 6.44. The largest absolute Gasteiger partial charge is 0.494 e. The zero-order valence-corrected chi connectivity index (χ0v) is 23.1. The highest BCUT2D eigenvalue weighted by molar-refractivity contribution is 5.91. The van der Waals surface area contributed by atoms with Gasteiger partial charge in [-0.05, 0) is 36.1 Å². The lowest BCUT2D eigenvalue weighted by atomic mass is 9.95. The molecule has 0 atom stereocenters. The average Bonchev–Trinajstić information content (AvgIpc) is 3.33. The van der Waals surface area contributed by atoms with Crippen LogP contribution in [0.3, 0.4) is 0 Å². The molecule has 1 aliphatic carbocycles. The van der Waals surface area contributed by atoms with Gasteiger partial charge in [0.1, 0.15) is 0 Å². The van der Waals surface area contributed by atoms with Gasteiger partial charge in [-0.15, -0.1) is 0 Å². The zero-order chi connectivity index (χ0) is 26.4. The Bertz CT molecular complexity index is 1280. The van der Waals surface area contributed by atoms with Crippen LogP contribution < -0.4 is 4.90 Å². The summed E-state index contributed by atoms with van der Waals surface area (Å²) >= 11 is 0. The van der Waals surface area contributed by atoms with Crippen LogP contribution in [0.2, 0.25) is 0 Å². The number of hydrogen-bond acceptors (Lipinski definition) is 4. The van der Waals surface area contributed by atoms with Crippen molar-refractivity contribution in [1.82, 2.24) is 14.4 Å². The quantitative estimate of drug-likeness (QED) is 0.266. The molecule has 1 aromatic heterocycles. The van der Waals surface area contributed by atoms with Crippen molar-refractivity contribution in [1.29, 1.82) is 0 Å². The Balaban J connectivity index is 1.06. The van der Waals surface area contributed by atoms with E-state index in [4.69, 9.17) is 0 Å². The Labute approximate surface area is 233 Å². The van der Waals surface area contributed by atoms with Crippen molar-refractivity contribution < 1.29 is 5.11 Å². The van der Waals surface area contributed by atoms with Crippen LogP contribution in [0.5, 0.6) is 5.88 Å². The van der Waals surface area contributed by atoms with Crippen LogP contribution in [0, 0.1) is 0 Å². The smallest absolute Gasteiger partial charge is 0.199 e. The molecule has 0 unspecified atom stereocenters. The fraction of sp³-hybridized carbons (Fsp3) is 0.412. The molecule has 39 heavy (non-hydrogen) atoms. The van der Waals surface area contributed by atoms with Gasteiger partial charge in [-0.1, -0.05) is 86.0 Å². The van der Waals surface area contributed by atoms with Gasteiger partial charge in [0.05, 0.1) is 0 Å². The van der Waals surface area contributed by atoms with Gasteiger partial charge < -0.3 is 14.6 Å². The number of nitrogens with zero attached hydrogens (tertiary/aromatic N) is 4. The summed E-state index contributed by atoms with van der Waals surface area (Å²) in [5, 5.41) is 13.2. The molecule has 0 radical (unpaired) electrons. The molecular weight excluding hydrogens is 480 g/mol. The molecule has 6 rings (SSSR count). The van der Waals surface area contributed by atoms with E-state index in [1.165, 1.54) is 48.9 Å². The van der Waals surface area contributed by atoms with Gasteiger partial charge in [-0.3, -0.25) is 9.80 Å². The van der Waals surface area contributed by atoms with Gasteiger partial charge in [-0.2, -0.15) is 0 Å². The first kappa shape index (κ1) is 26.0. The highest BCUT2D eigenvalue weighted by Gasteiger charge is 2.22. The molecule has 2 fully saturated rings. The summed E-state index contributed by atoms with van der Waals surface area (Å²) in [5.41, 5.74) is 3.97. The molecule has 204 valence electrons. The maximum atomic E-state index is 11.1. The van der Waals surface area contributed by atoms with Crippen LogP contribution in [0.25, 0.3) is 10.8 Å². The van der Waals surface area contributed by atoms with E-state index in [0.717, 1.165) is 63.1 Å². The normalized spacial score (nSPS) is 17.3. The summed E-state index contributed by atoms with van der Waals surface area (Å²) in [6, 6.07) is 28.7. The molecular formula is C34H42N4O. The average molecular weight is 523 g/mol. The minimum absolute atomic E-state index is 0.446. The lowest BCUT2D eigenvalue weighted by molar-refractivity contribution is 0.186. The molecule has 1 aliphatic heterocycles. The summed E-state index contributed by atoms with van der Waals surface area (Å²) in [6.45, 7) is 8.25. The minimum Gasteiger partial charge on any atom is -0.494 e. The summed E-state index contributed by atoms with van der Waals surface area (Å²) < 4.78 is 2.14. The third kappa shape index (κ3) is 6.32. The summed E-state index contributed by atoms with van der Waals surface area (Å²) in [4.78, 5) is 7.67. The van der Waals surface area contributed by atoms with Crippen molar-refractivity contribution in [2.45, 2.75) is 51.2 Å². The molecule has 5 nitrogen and oxygen atoms in total. The highest BCUT2D eigenvalue weighted by atomic mass is 16.3. The number of aromatic nitrogens is 1. The van der Waals surface area contributed by atoms with Crippen LogP contribution >= 0.6 is 0 Å². The predicted octanol–water partition coefficient (Wildman–Crippen LogP) is 6.68. The van der Waals surface area contributed by atoms with Crippen LogP contribution in [-0.2, 0) is 13.1 Å². The molecule has 3 aromatic carbocycles. The van der Waals surface area contributed by atoms with E-state index < -0.39 is 0 Å². The molecule has 1 N–H and O–H groups in total. The molecule has 1 saturated heterocycles. The first-order chi connectivity index (χ1) is 19.2. The van der Waals surface area contributed by atoms with Crippen LogP contribution in [0.15, 0.2) is 85.1 Å². The van der Waals surface area contributed by atoms with Crippen LogP contribution in [-0.4, -0.2) is 58.7 Å². The van der Waals surface area contributed by atoms with Gasteiger partial charge in [-0.25, -0.2) is 0 Å². The molecule has 0 bridgehead atoms. The third-order valence-electron chi connectivity index (χ3n) is 8.74. The Kier molecular flexibility index (Phi) is 8.17. The van der Waals surface area contributed by atoms with Crippen LogP contribution in [0.4, 0.5) is 5.69 Å². The number of aromatic hydroxyl groups is 1.